The molecule has 0 fully saturated rings. The Hall–Kier alpha value is -1.02. The summed E-state index contributed by atoms with van der Waals surface area (Å²) in [4.78, 5) is 0. The van der Waals surface area contributed by atoms with Gasteiger partial charge in [-0.2, -0.15) is 0 Å². The average molecular weight is 263 g/mol. The minimum Gasteiger partial charge on any atom is -0.496 e. The molecule has 1 unspecified atom stereocenters. The Morgan fingerprint density at radius 2 is 1.89 bits per heavy atom. The lowest BCUT2D eigenvalue weighted by atomic mass is 10.0. The van der Waals surface area contributed by atoms with Crippen molar-refractivity contribution in [2.75, 3.05) is 13.7 Å². The highest BCUT2D eigenvalue weighted by atomic mass is 16.5. The molecule has 0 bridgehead atoms. The van der Waals surface area contributed by atoms with Crippen LogP contribution in [0.5, 0.6) is 5.75 Å². The summed E-state index contributed by atoms with van der Waals surface area (Å²) in [5, 5.41) is 3.59. The van der Waals surface area contributed by atoms with Crippen LogP contribution in [0.3, 0.4) is 0 Å². The number of unbranched alkanes of at least 4 members (excludes halogenated alkanes) is 1. The van der Waals surface area contributed by atoms with Gasteiger partial charge in [0, 0.05) is 11.6 Å². The zero-order chi connectivity index (χ0) is 14.3. The maximum atomic E-state index is 5.44. The molecule has 1 aromatic rings. The van der Waals surface area contributed by atoms with Crippen molar-refractivity contribution in [3.63, 3.8) is 0 Å². The minimum atomic E-state index is 0.342. The summed E-state index contributed by atoms with van der Waals surface area (Å²) in [6, 6.07) is 6.71. The second-order valence-corrected chi connectivity index (χ2v) is 5.81. The van der Waals surface area contributed by atoms with E-state index in [0.717, 1.165) is 18.2 Å². The van der Waals surface area contributed by atoms with Crippen LogP contribution in [0.1, 0.15) is 57.2 Å². The highest BCUT2D eigenvalue weighted by Gasteiger charge is 2.10. The van der Waals surface area contributed by atoms with Gasteiger partial charge in [0.2, 0.25) is 0 Å². The maximum Gasteiger partial charge on any atom is 0.123 e. The smallest absolute Gasteiger partial charge is 0.123 e. The van der Waals surface area contributed by atoms with Crippen LogP contribution in [0.25, 0.3) is 0 Å². The monoisotopic (exact) mass is 263 g/mol. The second kappa shape index (κ2) is 8.21. The fraction of sp³-hybridized carbons (Fsp3) is 0.647. The standard InChI is InChI=1S/C17H29NO/c1-13(2)8-6-7-11-18-15(4)16-12-14(3)9-10-17(16)19-5/h9-10,12-13,15,18H,6-8,11H2,1-5H3. The van der Waals surface area contributed by atoms with Crippen LogP contribution in [0.2, 0.25) is 0 Å². The molecule has 1 aromatic carbocycles. The van der Waals surface area contributed by atoms with Crippen LogP contribution in [-0.4, -0.2) is 13.7 Å². The van der Waals surface area contributed by atoms with Crippen molar-refractivity contribution < 1.29 is 4.74 Å². The Labute approximate surface area is 118 Å². The van der Waals surface area contributed by atoms with E-state index in [4.69, 9.17) is 4.74 Å². The van der Waals surface area contributed by atoms with Gasteiger partial charge in [0.05, 0.1) is 7.11 Å². The van der Waals surface area contributed by atoms with Gasteiger partial charge in [-0.25, -0.2) is 0 Å². The Morgan fingerprint density at radius 1 is 1.16 bits per heavy atom. The number of methoxy groups -OCH3 is 1. The van der Waals surface area contributed by atoms with E-state index in [0.29, 0.717) is 6.04 Å². The molecule has 0 aliphatic heterocycles. The van der Waals surface area contributed by atoms with Gasteiger partial charge in [0.15, 0.2) is 0 Å². The van der Waals surface area contributed by atoms with Crippen LogP contribution in [-0.2, 0) is 0 Å². The predicted molar refractivity (Wildman–Crippen MR) is 82.8 cm³/mol. The van der Waals surface area contributed by atoms with E-state index in [1.54, 1.807) is 7.11 Å². The molecule has 0 heterocycles. The Kier molecular flexibility index (Phi) is 6.93. The molecule has 19 heavy (non-hydrogen) atoms. The highest BCUT2D eigenvalue weighted by molar-refractivity contribution is 5.38. The summed E-state index contributed by atoms with van der Waals surface area (Å²) in [7, 11) is 1.74. The van der Waals surface area contributed by atoms with E-state index in [9.17, 15) is 0 Å². The van der Waals surface area contributed by atoms with Gasteiger partial charge in [-0.15, -0.1) is 0 Å². The number of ether oxygens (including phenoxy) is 1. The molecule has 0 amide bonds. The maximum absolute atomic E-state index is 5.44. The summed E-state index contributed by atoms with van der Waals surface area (Å²) in [6.45, 7) is 9.98. The molecule has 1 N–H and O–H groups in total. The van der Waals surface area contributed by atoms with Gasteiger partial charge in [-0.3, -0.25) is 0 Å². The van der Waals surface area contributed by atoms with E-state index >= 15 is 0 Å². The van der Waals surface area contributed by atoms with Crippen LogP contribution in [0.4, 0.5) is 0 Å². The largest absolute Gasteiger partial charge is 0.496 e. The number of hydrogen-bond acceptors (Lipinski definition) is 2. The number of benzene rings is 1. The van der Waals surface area contributed by atoms with Crippen LogP contribution >= 0.6 is 0 Å². The molecule has 2 nitrogen and oxygen atoms in total. The molecule has 2 heteroatoms. The van der Waals surface area contributed by atoms with Crippen molar-refractivity contribution in [2.24, 2.45) is 5.92 Å². The molecule has 1 atom stereocenters. The SMILES string of the molecule is COc1ccc(C)cc1C(C)NCCCCC(C)C. The molecular formula is C17H29NO. The second-order valence-electron chi connectivity index (χ2n) is 5.81. The first-order valence-electron chi connectivity index (χ1n) is 7.42. The Morgan fingerprint density at radius 3 is 2.53 bits per heavy atom. The number of hydrogen-bond donors (Lipinski definition) is 1. The van der Waals surface area contributed by atoms with Crippen molar-refractivity contribution in [3.05, 3.63) is 29.3 Å². The van der Waals surface area contributed by atoms with Gasteiger partial charge < -0.3 is 10.1 Å². The lowest BCUT2D eigenvalue weighted by molar-refractivity contribution is 0.400. The topological polar surface area (TPSA) is 21.3 Å². The Balaban J connectivity index is 2.44. The normalized spacial score (nSPS) is 12.7. The van der Waals surface area contributed by atoms with E-state index in [-0.39, 0.29) is 0 Å². The molecule has 0 saturated heterocycles. The van der Waals surface area contributed by atoms with Crippen molar-refractivity contribution in [2.45, 2.75) is 53.0 Å². The van der Waals surface area contributed by atoms with E-state index < -0.39 is 0 Å². The number of aryl methyl sites for hydroxylation is 1. The lowest BCUT2D eigenvalue weighted by Crippen LogP contribution is -2.20. The molecular weight excluding hydrogens is 234 g/mol. The number of nitrogens with one attached hydrogen (secondary N) is 1. The Bertz CT molecular complexity index is 374. The summed E-state index contributed by atoms with van der Waals surface area (Å²) in [5.74, 6) is 1.79. The zero-order valence-electron chi connectivity index (χ0n) is 13.1. The number of rotatable bonds is 8. The van der Waals surface area contributed by atoms with Crippen LogP contribution in [0, 0.1) is 12.8 Å². The molecule has 0 aromatic heterocycles. The van der Waals surface area contributed by atoms with E-state index in [1.165, 1.54) is 30.4 Å². The van der Waals surface area contributed by atoms with Gasteiger partial charge in [-0.1, -0.05) is 44.4 Å². The quantitative estimate of drug-likeness (QED) is 0.698. The highest BCUT2D eigenvalue weighted by Crippen LogP contribution is 2.26. The lowest BCUT2D eigenvalue weighted by Gasteiger charge is -2.18. The third kappa shape index (κ3) is 5.65. The molecule has 108 valence electrons. The van der Waals surface area contributed by atoms with Crippen molar-refractivity contribution in [3.8, 4) is 5.75 Å². The summed E-state index contributed by atoms with van der Waals surface area (Å²) in [5.41, 5.74) is 2.54. The van der Waals surface area contributed by atoms with Crippen molar-refractivity contribution in [1.82, 2.24) is 5.32 Å². The fourth-order valence-electron chi connectivity index (χ4n) is 2.30. The third-order valence-electron chi connectivity index (χ3n) is 3.51. The van der Waals surface area contributed by atoms with Crippen LogP contribution < -0.4 is 10.1 Å². The summed E-state index contributed by atoms with van der Waals surface area (Å²) >= 11 is 0. The van der Waals surface area contributed by atoms with Crippen molar-refractivity contribution >= 4 is 0 Å². The third-order valence-corrected chi connectivity index (χ3v) is 3.51. The average Bonchev–Trinajstić information content (AvgIpc) is 2.37. The first-order chi connectivity index (χ1) is 9.04. The van der Waals surface area contributed by atoms with Gasteiger partial charge >= 0.3 is 0 Å². The fourth-order valence-corrected chi connectivity index (χ4v) is 2.30. The molecule has 0 spiro atoms. The molecule has 1 rings (SSSR count). The van der Waals surface area contributed by atoms with Gasteiger partial charge in [0.25, 0.3) is 0 Å². The predicted octanol–water partition coefficient (Wildman–Crippen LogP) is 4.48. The van der Waals surface area contributed by atoms with Crippen molar-refractivity contribution in [1.29, 1.82) is 0 Å². The van der Waals surface area contributed by atoms with E-state index in [2.05, 4.69) is 51.2 Å². The first kappa shape index (κ1) is 16.0. The van der Waals surface area contributed by atoms with E-state index in [1.807, 2.05) is 0 Å². The minimum absolute atomic E-state index is 0.342. The van der Waals surface area contributed by atoms with Gasteiger partial charge in [-0.05, 0) is 38.8 Å². The molecule has 0 aliphatic rings. The molecule has 0 aliphatic carbocycles. The van der Waals surface area contributed by atoms with Crippen LogP contribution in [0.15, 0.2) is 18.2 Å². The first-order valence-corrected chi connectivity index (χ1v) is 7.42. The zero-order valence-corrected chi connectivity index (χ0v) is 13.1. The molecule has 0 saturated carbocycles. The molecule has 0 radical (unpaired) electrons. The summed E-state index contributed by atoms with van der Waals surface area (Å²) in [6.07, 6.45) is 3.88. The summed E-state index contributed by atoms with van der Waals surface area (Å²) < 4.78 is 5.44. The van der Waals surface area contributed by atoms with Gasteiger partial charge in [0.1, 0.15) is 5.75 Å².